The number of primary amides is 1. The molecule has 0 bridgehead atoms. The molecule has 0 aromatic carbocycles. The molecular formula is C6H4FIN2O. The minimum atomic E-state index is -0.665. The van der Waals surface area contributed by atoms with Crippen LogP contribution in [-0.4, -0.2) is 10.9 Å². The molecule has 1 rings (SSSR count). The van der Waals surface area contributed by atoms with Gasteiger partial charge in [-0.15, -0.1) is 0 Å². The molecule has 0 saturated carbocycles. The zero-order chi connectivity index (χ0) is 8.43. The maximum atomic E-state index is 12.6. The highest BCUT2D eigenvalue weighted by Gasteiger charge is 2.09. The molecule has 0 saturated heterocycles. The molecule has 1 amide bonds. The van der Waals surface area contributed by atoms with Crippen LogP contribution in [0.1, 0.15) is 10.4 Å². The normalized spacial score (nSPS) is 9.64. The van der Waals surface area contributed by atoms with Crippen molar-refractivity contribution in [3.8, 4) is 0 Å². The summed E-state index contributed by atoms with van der Waals surface area (Å²) in [4.78, 5) is 13.9. The molecular weight excluding hydrogens is 262 g/mol. The standard InChI is InChI=1S/C6H4FIN2O/c7-5-4(8)3(6(9)11)1-2-10-5/h1-2H,(H2,9,11). The summed E-state index contributed by atoms with van der Waals surface area (Å²) in [7, 11) is 0. The fraction of sp³-hybridized carbons (Fsp3) is 0. The monoisotopic (exact) mass is 266 g/mol. The Hall–Kier alpha value is -0.720. The van der Waals surface area contributed by atoms with Crippen LogP contribution >= 0.6 is 22.6 Å². The summed E-state index contributed by atoms with van der Waals surface area (Å²) in [6.45, 7) is 0. The zero-order valence-electron chi connectivity index (χ0n) is 5.34. The van der Waals surface area contributed by atoms with E-state index in [9.17, 15) is 9.18 Å². The van der Waals surface area contributed by atoms with E-state index < -0.39 is 11.9 Å². The number of hydrogen-bond donors (Lipinski definition) is 1. The maximum Gasteiger partial charge on any atom is 0.250 e. The van der Waals surface area contributed by atoms with Crippen LogP contribution in [0, 0.1) is 9.52 Å². The predicted molar refractivity (Wildman–Crippen MR) is 45.4 cm³/mol. The van der Waals surface area contributed by atoms with E-state index in [1.807, 2.05) is 0 Å². The van der Waals surface area contributed by atoms with Crippen molar-refractivity contribution in [1.29, 1.82) is 0 Å². The van der Waals surface area contributed by atoms with Gasteiger partial charge in [-0.2, -0.15) is 4.39 Å². The molecule has 1 heterocycles. The largest absolute Gasteiger partial charge is 0.366 e. The minimum absolute atomic E-state index is 0.164. The molecule has 11 heavy (non-hydrogen) atoms. The van der Waals surface area contributed by atoms with E-state index >= 15 is 0 Å². The van der Waals surface area contributed by atoms with Crippen LogP contribution in [0.5, 0.6) is 0 Å². The van der Waals surface area contributed by atoms with Gasteiger partial charge in [-0.25, -0.2) is 4.98 Å². The van der Waals surface area contributed by atoms with Gasteiger partial charge in [0.05, 0.1) is 9.13 Å². The van der Waals surface area contributed by atoms with Gasteiger partial charge < -0.3 is 5.73 Å². The van der Waals surface area contributed by atoms with Gasteiger partial charge in [-0.3, -0.25) is 4.79 Å². The molecule has 0 aliphatic heterocycles. The van der Waals surface area contributed by atoms with Gasteiger partial charge in [-0.1, -0.05) is 0 Å². The predicted octanol–water partition coefficient (Wildman–Crippen LogP) is 0.924. The van der Waals surface area contributed by atoms with E-state index in [-0.39, 0.29) is 9.13 Å². The molecule has 0 aliphatic carbocycles. The number of rotatable bonds is 1. The highest BCUT2D eigenvalue weighted by Crippen LogP contribution is 2.12. The Morgan fingerprint density at radius 2 is 2.36 bits per heavy atom. The first kappa shape index (κ1) is 8.38. The molecule has 1 aromatic rings. The number of halogens is 2. The summed E-state index contributed by atoms with van der Waals surface area (Å²) in [5.41, 5.74) is 5.11. The van der Waals surface area contributed by atoms with Crippen molar-refractivity contribution in [2.75, 3.05) is 0 Å². The lowest BCUT2D eigenvalue weighted by molar-refractivity contribution is 0.0998. The van der Waals surface area contributed by atoms with E-state index in [0.29, 0.717) is 0 Å². The van der Waals surface area contributed by atoms with E-state index in [4.69, 9.17) is 5.73 Å². The van der Waals surface area contributed by atoms with Gasteiger partial charge >= 0.3 is 0 Å². The Kier molecular flexibility index (Phi) is 2.38. The lowest BCUT2D eigenvalue weighted by Gasteiger charge is -1.97. The number of nitrogens with zero attached hydrogens (tertiary/aromatic N) is 1. The van der Waals surface area contributed by atoms with Crippen LogP contribution in [0.25, 0.3) is 0 Å². The topological polar surface area (TPSA) is 56.0 Å². The summed E-state index contributed by atoms with van der Waals surface area (Å²) < 4.78 is 12.8. The Labute approximate surface area is 75.9 Å². The molecule has 0 spiro atoms. The maximum absolute atomic E-state index is 12.6. The molecule has 2 N–H and O–H groups in total. The average Bonchev–Trinajstić information content (AvgIpc) is 1.94. The highest BCUT2D eigenvalue weighted by atomic mass is 127. The third kappa shape index (κ3) is 1.65. The molecule has 0 aliphatic rings. The van der Waals surface area contributed by atoms with E-state index in [0.717, 1.165) is 0 Å². The van der Waals surface area contributed by atoms with Gasteiger partial charge in [0, 0.05) is 6.20 Å². The summed E-state index contributed by atoms with van der Waals surface area (Å²) in [5, 5.41) is 0. The second-order valence-electron chi connectivity index (χ2n) is 1.83. The zero-order valence-corrected chi connectivity index (χ0v) is 7.50. The van der Waals surface area contributed by atoms with Crippen molar-refractivity contribution in [3.05, 3.63) is 27.3 Å². The highest BCUT2D eigenvalue weighted by molar-refractivity contribution is 14.1. The summed E-state index contributed by atoms with van der Waals surface area (Å²) in [6.07, 6.45) is 1.21. The smallest absolute Gasteiger partial charge is 0.250 e. The van der Waals surface area contributed by atoms with Crippen LogP contribution in [0.2, 0.25) is 0 Å². The van der Waals surface area contributed by atoms with Gasteiger partial charge in [0.25, 0.3) is 0 Å². The lowest BCUT2D eigenvalue weighted by Crippen LogP contribution is -2.13. The van der Waals surface area contributed by atoms with Crippen molar-refractivity contribution in [2.45, 2.75) is 0 Å². The number of nitrogens with two attached hydrogens (primary N) is 1. The number of hydrogen-bond acceptors (Lipinski definition) is 2. The molecule has 5 heteroatoms. The lowest BCUT2D eigenvalue weighted by atomic mass is 10.2. The quantitative estimate of drug-likeness (QED) is 0.607. The number of pyridine rings is 1. The fourth-order valence-electron chi connectivity index (χ4n) is 0.609. The second kappa shape index (κ2) is 3.12. The summed E-state index contributed by atoms with van der Waals surface area (Å²) in [6, 6.07) is 1.38. The first-order valence-corrected chi connectivity index (χ1v) is 3.80. The SMILES string of the molecule is NC(=O)c1ccnc(F)c1I. The van der Waals surface area contributed by atoms with Crippen molar-refractivity contribution in [2.24, 2.45) is 5.73 Å². The first-order chi connectivity index (χ1) is 5.13. The van der Waals surface area contributed by atoms with Crippen LogP contribution in [-0.2, 0) is 0 Å². The molecule has 0 fully saturated rings. The van der Waals surface area contributed by atoms with E-state index in [1.54, 1.807) is 22.6 Å². The van der Waals surface area contributed by atoms with Crippen LogP contribution in [0.15, 0.2) is 12.3 Å². The molecule has 0 atom stereocenters. The van der Waals surface area contributed by atoms with Crippen molar-refractivity contribution < 1.29 is 9.18 Å². The Bertz CT molecular complexity index is 303. The van der Waals surface area contributed by atoms with Crippen LogP contribution in [0.4, 0.5) is 4.39 Å². The van der Waals surface area contributed by atoms with Crippen molar-refractivity contribution in [1.82, 2.24) is 4.98 Å². The summed E-state index contributed by atoms with van der Waals surface area (Å²) >= 11 is 1.68. The van der Waals surface area contributed by atoms with Crippen LogP contribution < -0.4 is 5.73 Å². The number of carbonyl (C=O) groups excluding carboxylic acids is 1. The van der Waals surface area contributed by atoms with E-state index in [1.165, 1.54) is 12.3 Å². The number of aromatic nitrogens is 1. The number of carbonyl (C=O) groups is 1. The average molecular weight is 266 g/mol. The second-order valence-corrected chi connectivity index (χ2v) is 2.91. The fourth-order valence-corrected chi connectivity index (χ4v) is 1.19. The van der Waals surface area contributed by atoms with Gasteiger partial charge in [0.1, 0.15) is 0 Å². The Morgan fingerprint density at radius 1 is 1.73 bits per heavy atom. The molecule has 58 valence electrons. The van der Waals surface area contributed by atoms with Gasteiger partial charge in [0.2, 0.25) is 11.9 Å². The van der Waals surface area contributed by atoms with Crippen molar-refractivity contribution in [3.63, 3.8) is 0 Å². The molecule has 0 radical (unpaired) electrons. The molecule has 3 nitrogen and oxygen atoms in total. The van der Waals surface area contributed by atoms with Crippen LogP contribution in [0.3, 0.4) is 0 Å². The number of amides is 1. The summed E-state index contributed by atoms with van der Waals surface area (Å²) in [5.74, 6) is -1.31. The van der Waals surface area contributed by atoms with Gasteiger partial charge in [-0.05, 0) is 28.7 Å². The first-order valence-electron chi connectivity index (χ1n) is 2.72. The van der Waals surface area contributed by atoms with Crippen molar-refractivity contribution >= 4 is 28.5 Å². The Balaban J connectivity index is 3.27. The van der Waals surface area contributed by atoms with E-state index in [2.05, 4.69) is 4.98 Å². The Morgan fingerprint density at radius 3 is 2.82 bits per heavy atom. The third-order valence-electron chi connectivity index (χ3n) is 1.11. The van der Waals surface area contributed by atoms with Gasteiger partial charge in [0.15, 0.2) is 0 Å². The minimum Gasteiger partial charge on any atom is -0.366 e. The molecule has 0 unspecified atom stereocenters. The third-order valence-corrected chi connectivity index (χ3v) is 2.14. The molecule has 1 aromatic heterocycles.